The molecule has 6 heteroatoms. The fraction of sp³-hybridized carbons (Fsp3) is 0.696. The lowest BCUT2D eigenvalue weighted by atomic mass is 9.94. The Balaban J connectivity index is 1.64. The summed E-state index contributed by atoms with van der Waals surface area (Å²) in [6.45, 7) is 6.19. The molecule has 3 rings (SSSR count). The molecule has 4 atom stereocenters. The van der Waals surface area contributed by atoms with E-state index in [1.165, 1.54) is 38.3 Å². The molecule has 1 amide bonds. The summed E-state index contributed by atoms with van der Waals surface area (Å²) in [4.78, 5) is 11.6. The third-order valence-corrected chi connectivity index (χ3v) is 6.74. The molecule has 0 radical (unpaired) electrons. The maximum absolute atomic E-state index is 13.5. The van der Waals surface area contributed by atoms with Crippen molar-refractivity contribution in [2.45, 2.75) is 77.0 Å². The number of benzene rings is 1. The number of fused-ring (bicyclic) bond motifs is 1. The lowest BCUT2D eigenvalue weighted by Crippen LogP contribution is -2.51. The van der Waals surface area contributed by atoms with E-state index in [1.807, 2.05) is 0 Å². The Hall–Kier alpha value is -1.53. The second-order valence-electron chi connectivity index (χ2n) is 9.35. The minimum Gasteiger partial charge on any atom is -0.390 e. The van der Waals surface area contributed by atoms with Crippen LogP contribution >= 0.6 is 0 Å². The van der Waals surface area contributed by atoms with Gasteiger partial charge in [-0.2, -0.15) is 0 Å². The Bertz CT molecular complexity index is 695. The lowest BCUT2D eigenvalue weighted by molar-refractivity contribution is -0.120. The van der Waals surface area contributed by atoms with Crippen LogP contribution in [-0.2, 0) is 11.2 Å². The van der Waals surface area contributed by atoms with Crippen LogP contribution in [0.5, 0.6) is 0 Å². The van der Waals surface area contributed by atoms with Gasteiger partial charge in [0, 0.05) is 25.1 Å². The summed E-state index contributed by atoms with van der Waals surface area (Å²) < 4.78 is 27.1. The van der Waals surface area contributed by atoms with Crippen LogP contribution in [0.1, 0.15) is 58.4 Å². The van der Waals surface area contributed by atoms with Crippen molar-refractivity contribution in [2.24, 2.45) is 17.8 Å². The molecule has 0 bridgehead atoms. The summed E-state index contributed by atoms with van der Waals surface area (Å²) in [5.41, 5.74) is 0.521. The minimum atomic E-state index is -0.845. The second-order valence-corrected chi connectivity index (χ2v) is 9.35. The topological polar surface area (TPSA) is 61.4 Å². The summed E-state index contributed by atoms with van der Waals surface area (Å²) in [7, 11) is 0. The van der Waals surface area contributed by atoms with Crippen molar-refractivity contribution in [2.75, 3.05) is 6.54 Å². The first-order chi connectivity index (χ1) is 13.7. The van der Waals surface area contributed by atoms with Crippen LogP contribution in [0, 0.1) is 29.4 Å². The third kappa shape index (κ3) is 5.34. The SMILES string of the molecule is CC(=O)NC(Cc1cc(F)cc(F)c1)C(O)CNC1(CCC(C)C)C2CCCC21. The van der Waals surface area contributed by atoms with Crippen molar-refractivity contribution < 1.29 is 18.7 Å². The Kier molecular flexibility index (Phi) is 6.94. The molecule has 1 aromatic carbocycles. The Labute approximate surface area is 172 Å². The molecule has 162 valence electrons. The maximum Gasteiger partial charge on any atom is 0.217 e. The quantitative estimate of drug-likeness (QED) is 0.555. The molecule has 4 unspecified atom stereocenters. The number of β-amino-alcohol motifs (C(OH)–C–C–N with tert-alkyl or cyclic N) is 1. The van der Waals surface area contributed by atoms with Crippen molar-refractivity contribution in [3.8, 4) is 0 Å². The van der Waals surface area contributed by atoms with E-state index in [2.05, 4.69) is 24.5 Å². The highest BCUT2D eigenvalue weighted by molar-refractivity contribution is 5.73. The molecule has 0 spiro atoms. The Morgan fingerprint density at radius 1 is 1.21 bits per heavy atom. The molecular formula is C23H34F2N2O2. The van der Waals surface area contributed by atoms with Gasteiger partial charge in [-0.3, -0.25) is 4.79 Å². The van der Waals surface area contributed by atoms with Crippen LogP contribution in [0.4, 0.5) is 8.78 Å². The van der Waals surface area contributed by atoms with Gasteiger partial charge in [-0.1, -0.05) is 20.3 Å². The summed E-state index contributed by atoms with van der Waals surface area (Å²) in [6.07, 6.45) is 5.33. The predicted molar refractivity (Wildman–Crippen MR) is 109 cm³/mol. The fourth-order valence-electron chi connectivity index (χ4n) is 5.29. The largest absolute Gasteiger partial charge is 0.390 e. The van der Waals surface area contributed by atoms with Gasteiger partial charge in [-0.05, 0) is 67.6 Å². The van der Waals surface area contributed by atoms with E-state index in [1.54, 1.807) is 0 Å². The molecular weight excluding hydrogens is 374 g/mol. The normalized spacial score (nSPS) is 27.6. The number of hydrogen-bond acceptors (Lipinski definition) is 3. The van der Waals surface area contributed by atoms with E-state index in [0.29, 0.717) is 29.9 Å². The average Bonchev–Trinajstić information content (AvgIpc) is 2.96. The minimum absolute atomic E-state index is 0.106. The van der Waals surface area contributed by atoms with Crippen molar-refractivity contribution in [1.29, 1.82) is 0 Å². The van der Waals surface area contributed by atoms with Gasteiger partial charge in [-0.15, -0.1) is 0 Å². The third-order valence-electron chi connectivity index (χ3n) is 6.74. The zero-order chi connectivity index (χ0) is 21.2. The van der Waals surface area contributed by atoms with Crippen LogP contribution in [0.3, 0.4) is 0 Å². The molecule has 2 fully saturated rings. The molecule has 0 aliphatic heterocycles. The van der Waals surface area contributed by atoms with Gasteiger partial charge >= 0.3 is 0 Å². The van der Waals surface area contributed by atoms with Crippen LogP contribution in [0.2, 0.25) is 0 Å². The number of nitrogens with one attached hydrogen (secondary N) is 2. The molecule has 29 heavy (non-hydrogen) atoms. The summed E-state index contributed by atoms with van der Waals surface area (Å²) in [5, 5.41) is 17.2. The van der Waals surface area contributed by atoms with E-state index >= 15 is 0 Å². The number of aliphatic hydroxyl groups is 1. The molecule has 0 heterocycles. The molecule has 2 aliphatic rings. The van der Waals surface area contributed by atoms with Gasteiger partial charge in [0.05, 0.1) is 12.1 Å². The van der Waals surface area contributed by atoms with E-state index in [9.17, 15) is 18.7 Å². The van der Waals surface area contributed by atoms with Gasteiger partial charge in [0.25, 0.3) is 0 Å². The number of rotatable bonds is 10. The van der Waals surface area contributed by atoms with Gasteiger partial charge in [0.1, 0.15) is 11.6 Å². The highest BCUT2D eigenvalue weighted by Crippen LogP contribution is 2.62. The number of carbonyl (C=O) groups excluding carboxylic acids is 1. The monoisotopic (exact) mass is 408 g/mol. The smallest absolute Gasteiger partial charge is 0.217 e. The molecule has 2 saturated carbocycles. The Morgan fingerprint density at radius 2 is 1.83 bits per heavy atom. The highest BCUT2D eigenvalue weighted by Gasteiger charge is 2.64. The first-order valence-corrected chi connectivity index (χ1v) is 10.9. The van der Waals surface area contributed by atoms with Gasteiger partial charge in [-0.25, -0.2) is 8.78 Å². The molecule has 1 aromatic rings. The predicted octanol–water partition coefficient (Wildman–Crippen LogP) is 3.57. The summed E-state index contributed by atoms with van der Waals surface area (Å²) >= 11 is 0. The number of halogens is 2. The standard InChI is InChI=1S/C23H34F2N2O2/c1-14(2)7-8-23(19-5-4-6-20(19)23)26-13-22(29)21(27-15(3)28)11-16-9-17(24)12-18(25)10-16/h9-10,12,14,19-22,26,29H,4-8,11,13H2,1-3H3,(H,27,28). The zero-order valence-corrected chi connectivity index (χ0v) is 17.7. The van der Waals surface area contributed by atoms with Crippen molar-refractivity contribution >= 4 is 5.91 Å². The molecule has 0 saturated heterocycles. The van der Waals surface area contributed by atoms with E-state index < -0.39 is 23.8 Å². The molecule has 2 aliphatic carbocycles. The van der Waals surface area contributed by atoms with Gasteiger partial charge < -0.3 is 15.7 Å². The van der Waals surface area contributed by atoms with Gasteiger partial charge in [0.15, 0.2) is 0 Å². The lowest BCUT2D eigenvalue weighted by Gasteiger charge is -2.29. The first kappa shape index (κ1) is 22.2. The van der Waals surface area contributed by atoms with Crippen molar-refractivity contribution in [3.63, 3.8) is 0 Å². The Morgan fingerprint density at radius 3 is 2.38 bits per heavy atom. The van der Waals surface area contributed by atoms with Crippen molar-refractivity contribution in [1.82, 2.24) is 10.6 Å². The number of hydrogen-bond donors (Lipinski definition) is 3. The highest BCUT2D eigenvalue weighted by atomic mass is 19.1. The van der Waals surface area contributed by atoms with E-state index in [4.69, 9.17) is 0 Å². The van der Waals surface area contributed by atoms with Crippen molar-refractivity contribution in [3.05, 3.63) is 35.4 Å². The summed E-state index contributed by atoms with van der Waals surface area (Å²) in [6, 6.07) is 2.70. The van der Waals surface area contributed by atoms with E-state index in [-0.39, 0.29) is 17.9 Å². The van der Waals surface area contributed by atoms with Crippen LogP contribution in [0.15, 0.2) is 18.2 Å². The van der Waals surface area contributed by atoms with E-state index in [0.717, 1.165) is 18.9 Å². The van der Waals surface area contributed by atoms with Crippen LogP contribution in [-0.4, -0.2) is 35.2 Å². The molecule has 0 aromatic heterocycles. The number of carbonyl (C=O) groups is 1. The number of amides is 1. The first-order valence-electron chi connectivity index (χ1n) is 10.9. The molecule has 3 N–H and O–H groups in total. The maximum atomic E-state index is 13.5. The van der Waals surface area contributed by atoms with Crippen LogP contribution < -0.4 is 10.6 Å². The fourth-order valence-corrected chi connectivity index (χ4v) is 5.29. The van der Waals surface area contributed by atoms with Gasteiger partial charge in [0.2, 0.25) is 5.91 Å². The second kappa shape index (κ2) is 9.09. The zero-order valence-electron chi connectivity index (χ0n) is 17.7. The molecule has 4 nitrogen and oxygen atoms in total. The summed E-state index contributed by atoms with van der Waals surface area (Å²) in [5.74, 6) is 0.411. The van der Waals surface area contributed by atoms with Crippen LogP contribution in [0.25, 0.3) is 0 Å². The average molecular weight is 409 g/mol. The number of aliphatic hydroxyl groups excluding tert-OH is 1.